The maximum absolute atomic E-state index is 12.2. The summed E-state index contributed by atoms with van der Waals surface area (Å²) in [5.74, 6) is 0.282. The molecule has 1 amide bonds. The van der Waals surface area contributed by atoms with Gasteiger partial charge in [-0.05, 0) is 26.7 Å². The third kappa shape index (κ3) is 3.46. The van der Waals surface area contributed by atoms with Gasteiger partial charge < -0.3 is 9.26 Å². The average Bonchev–Trinajstić information content (AvgIpc) is 2.95. The van der Waals surface area contributed by atoms with Gasteiger partial charge >= 0.3 is 0 Å². The molecule has 0 N–H and O–H groups in total. The fraction of sp³-hybridized carbons (Fsp3) is 0.769. The summed E-state index contributed by atoms with van der Waals surface area (Å²) in [7, 11) is -1.99. The second-order valence-corrected chi connectivity index (χ2v) is 7.66. The topological polar surface area (TPSA) is 103 Å². The predicted octanol–water partition coefficient (Wildman–Crippen LogP) is 1.05. The van der Waals surface area contributed by atoms with Crippen molar-refractivity contribution in [2.24, 2.45) is 0 Å². The van der Waals surface area contributed by atoms with Crippen LogP contribution in [-0.4, -0.2) is 47.7 Å². The Morgan fingerprint density at radius 2 is 2.27 bits per heavy atom. The summed E-state index contributed by atoms with van der Waals surface area (Å²) >= 11 is 0. The Hall–Kier alpha value is -1.48. The lowest BCUT2D eigenvalue weighted by Crippen LogP contribution is -2.46. The smallest absolute Gasteiger partial charge is 0.239 e. The summed E-state index contributed by atoms with van der Waals surface area (Å²) in [5.41, 5.74) is 0. The molecule has 8 nitrogen and oxygen atoms in total. The van der Waals surface area contributed by atoms with Gasteiger partial charge in [0, 0.05) is 26.5 Å². The van der Waals surface area contributed by atoms with Crippen LogP contribution in [0.25, 0.3) is 0 Å². The van der Waals surface area contributed by atoms with Gasteiger partial charge in [0.05, 0.1) is 5.25 Å². The minimum Gasteiger partial charge on any atom is -0.374 e. The zero-order valence-electron chi connectivity index (χ0n) is 13.0. The fourth-order valence-electron chi connectivity index (χ4n) is 2.26. The maximum atomic E-state index is 12.2. The molecule has 2 atom stereocenters. The van der Waals surface area contributed by atoms with Crippen molar-refractivity contribution in [2.75, 3.05) is 13.7 Å². The van der Waals surface area contributed by atoms with E-state index < -0.39 is 21.2 Å². The SMILES string of the molecule is COC(C)c1noc(CCC(=O)N2CCCC(C)S2(=O)=O)n1. The lowest BCUT2D eigenvalue weighted by Gasteiger charge is -2.30. The Labute approximate surface area is 129 Å². The van der Waals surface area contributed by atoms with E-state index in [0.29, 0.717) is 24.6 Å². The highest BCUT2D eigenvalue weighted by atomic mass is 32.2. The Bertz CT molecular complexity index is 627. The number of rotatable bonds is 5. The molecule has 0 bridgehead atoms. The summed E-state index contributed by atoms with van der Waals surface area (Å²) in [6, 6.07) is 0. The molecule has 1 aromatic heterocycles. The van der Waals surface area contributed by atoms with Crippen molar-refractivity contribution in [3.63, 3.8) is 0 Å². The largest absolute Gasteiger partial charge is 0.374 e. The van der Waals surface area contributed by atoms with Gasteiger partial charge in [0.1, 0.15) is 6.10 Å². The highest BCUT2D eigenvalue weighted by molar-refractivity contribution is 7.90. The van der Waals surface area contributed by atoms with Crippen LogP contribution >= 0.6 is 0 Å². The number of hydrogen-bond acceptors (Lipinski definition) is 7. The van der Waals surface area contributed by atoms with Crippen molar-refractivity contribution in [1.82, 2.24) is 14.4 Å². The first kappa shape index (κ1) is 16.9. The molecule has 9 heteroatoms. The van der Waals surface area contributed by atoms with Crippen molar-refractivity contribution in [1.29, 1.82) is 0 Å². The molecule has 0 saturated carbocycles. The van der Waals surface area contributed by atoms with Crippen molar-refractivity contribution in [3.05, 3.63) is 11.7 Å². The zero-order valence-corrected chi connectivity index (χ0v) is 13.8. The third-order valence-electron chi connectivity index (χ3n) is 3.82. The molecule has 124 valence electrons. The number of hydrogen-bond donors (Lipinski definition) is 0. The minimum atomic E-state index is -3.52. The van der Waals surface area contributed by atoms with Crippen molar-refractivity contribution >= 4 is 15.9 Å². The summed E-state index contributed by atoms with van der Waals surface area (Å²) < 4.78 is 35.4. The first-order valence-electron chi connectivity index (χ1n) is 7.26. The lowest BCUT2D eigenvalue weighted by atomic mass is 10.2. The molecule has 1 saturated heterocycles. The Morgan fingerprint density at radius 1 is 1.55 bits per heavy atom. The highest BCUT2D eigenvalue weighted by Gasteiger charge is 2.35. The number of ether oxygens (including phenoxy) is 1. The van der Waals surface area contributed by atoms with E-state index in [2.05, 4.69) is 10.1 Å². The van der Waals surface area contributed by atoms with Crippen molar-refractivity contribution < 1.29 is 22.5 Å². The van der Waals surface area contributed by atoms with Crippen LogP contribution < -0.4 is 0 Å². The molecule has 2 unspecified atom stereocenters. The lowest BCUT2D eigenvalue weighted by molar-refractivity contribution is -0.126. The van der Waals surface area contributed by atoms with Crippen LogP contribution in [0.4, 0.5) is 0 Å². The molecular formula is C13H21N3O5S. The third-order valence-corrected chi connectivity index (χ3v) is 6.07. The number of nitrogens with zero attached hydrogens (tertiary/aromatic N) is 3. The number of aryl methyl sites for hydroxylation is 1. The maximum Gasteiger partial charge on any atom is 0.239 e. The number of carbonyl (C=O) groups is 1. The van der Waals surface area contributed by atoms with E-state index in [4.69, 9.17) is 9.26 Å². The predicted molar refractivity (Wildman–Crippen MR) is 77.4 cm³/mol. The van der Waals surface area contributed by atoms with E-state index in [1.165, 1.54) is 7.11 Å². The molecule has 1 aliphatic heterocycles. The van der Waals surface area contributed by atoms with Gasteiger partial charge in [0.25, 0.3) is 0 Å². The van der Waals surface area contributed by atoms with Crippen LogP contribution in [0.1, 0.15) is 50.9 Å². The summed E-state index contributed by atoms with van der Waals surface area (Å²) in [6.07, 6.45) is 1.23. The molecule has 1 fully saturated rings. The van der Waals surface area contributed by atoms with Gasteiger partial charge in [0.15, 0.2) is 5.82 Å². The number of amides is 1. The van der Waals surface area contributed by atoms with Crippen LogP contribution in [0.3, 0.4) is 0 Å². The van der Waals surface area contributed by atoms with Crippen LogP contribution in [0.15, 0.2) is 4.52 Å². The zero-order chi connectivity index (χ0) is 16.3. The van der Waals surface area contributed by atoms with Gasteiger partial charge in [-0.1, -0.05) is 5.16 Å². The van der Waals surface area contributed by atoms with Gasteiger partial charge in [-0.15, -0.1) is 0 Å². The number of aromatic nitrogens is 2. The van der Waals surface area contributed by atoms with Gasteiger partial charge in [0.2, 0.25) is 21.8 Å². The molecule has 2 rings (SSSR count). The van der Waals surface area contributed by atoms with Gasteiger partial charge in [-0.25, -0.2) is 12.7 Å². The molecule has 1 aromatic rings. The molecule has 1 aliphatic rings. The number of carbonyl (C=O) groups excluding carboxylic acids is 1. The molecule has 0 radical (unpaired) electrons. The minimum absolute atomic E-state index is 0.0228. The Kier molecular flexibility index (Phi) is 5.17. The van der Waals surface area contributed by atoms with E-state index in [9.17, 15) is 13.2 Å². The van der Waals surface area contributed by atoms with E-state index in [-0.39, 0.29) is 25.5 Å². The van der Waals surface area contributed by atoms with Crippen LogP contribution in [0.2, 0.25) is 0 Å². The monoisotopic (exact) mass is 331 g/mol. The summed E-state index contributed by atoms with van der Waals surface area (Å²) in [6.45, 7) is 3.66. The molecular weight excluding hydrogens is 310 g/mol. The molecule has 2 heterocycles. The van der Waals surface area contributed by atoms with Crippen molar-refractivity contribution in [3.8, 4) is 0 Å². The normalized spacial score (nSPS) is 22.5. The molecule has 22 heavy (non-hydrogen) atoms. The second-order valence-electron chi connectivity index (χ2n) is 5.39. The number of sulfonamides is 1. The second kappa shape index (κ2) is 6.74. The summed E-state index contributed by atoms with van der Waals surface area (Å²) in [5, 5.41) is 3.25. The van der Waals surface area contributed by atoms with Gasteiger partial charge in [-0.3, -0.25) is 4.79 Å². The molecule has 0 aliphatic carbocycles. The number of methoxy groups -OCH3 is 1. The molecule has 0 aromatic carbocycles. The quantitative estimate of drug-likeness (QED) is 0.794. The standard InChI is InChI=1S/C13H21N3O5S/c1-9-5-4-8-16(22(9,18)19)12(17)7-6-11-14-13(15-21-11)10(2)20-3/h9-10H,4-8H2,1-3H3. The van der Waals surface area contributed by atoms with Gasteiger partial charge in [-0.2, -0.15) is 4.98 Å². The van der Waals surface area contributed by atoms with E-state index in [1.807, 2.05) is 0 Å². The van der Waals surface area contributed by atoms with Crippen LogP contribution in [0.5, 0.6) is 0 Å². The average molecular weight is 331 g/mol. The Balaban J connectivity index is 1.96. The fourth-order valence-corrected chi connectivity index (χ4v) is 3.92. The van der Waals surface area contributed by atoms with E-state index in [1.54, 1.807) is 13.8 Å². The first-order valence-corrected chi connectivity index (χ1v) is 8.76. The Morgan fingerprint density at radius 3 is 2.95 bits per heavy atom. The molecule has 0 spiro atoms. The first-order chi connectivity index (χ1) is 10.4. The van der Waals surface area contributed by atoms with E-state index >= 15 is 0 Å². The van der Waals surface area contributed by atoms with Crippen LogP contribution in [-0.2, 0) is 26.0 Å². The van der Waals surface area contributed by atoms with Crippen molar-refractivity contribution in [2.45, 2.75) is 50.9 Å². The highest BCUT2D eigenvalue weighted by Crippen LogP contribution is 2.22. The van der Waals surface area contributed by atoms with Crippen LogP contribution in [0, 0.1) is 0 Å². The summed E-state index contributed by atoms with van der Waals surface area (Å²) in [4.78, 5) is 16.3. The van der Waals surface area contributed by atoms with E-state index in [0.717, 1.165) is 4.31 Å².